The molecule has 3 rings (SSSR count). The van der Waals surface area contributed by atoms with E-state index in [0.717, 1.165) is 0 Å². The van der Waals surface area contributed by atoms with E-state index in [9.17, 15) is 13.2 Å². The molecule has 0 atom stereocenters. The van der Waals surface area contributed by atoms with Gasteiger partial charge in [-0.3, -0.25) is 4.90 Å². The predicted molar refractivity (Wildman–Crippen MR) is 78.1 cm³/mol. The highest BCUT2D eigenvalue weighted by molar-refractivity contribution is 5.66. The van der Waals surface area contributed by atoms with Gasteiger partial charge in [-0.15, -0.1) is 0 Å². The molecule has 0 N–H and O–H groups in total. The van der Waals surface area contributed by atoms with E-state index in [1.807, 2.05) is 0 Å². The third-order valence-corrected chi connectivity index (χ3v) is 3.80. The maximum atomic E-state index is 12.3. The fraction of sp³-hybridized carbons (Fsp3) is 0.467. The van der Waals surface area contributed by atoms with Crippen LogP contribution in [0.2, 0.25) is 0 Å². The first-order valence-corrected chi connectivity index (χ1v) is 7.24. The Labute approximate surface area is 136 Å². The number of hydrogen-bond acceptors (Lipinski definition) is 6. The molecule has 1 aliphatic rings. The zero-order chi connectivity index (χ0) is 17.3. The number of hydrogen-bond donors (Lipinski definition) is 0. The lowest BCUT2D eigenvalue weighted by molar-refractivity contribution is -0.155. The van der Waals surface area contributed by atoms with Crippen LogP contribution in [0.15, 0.2) is 22.7 Å². The van der Waals surface area contributed by atoms with Crippen LogP contribution in [0.1, 0.15) is 11.8 Å². The second-order valence-corrected chi connectivity index (χ2v) is 5.53. The van der Waals surface area contributed by atoms with E-state index in [1.54, 1.807) is 18.2 Å². The molecular formula is C15H16F3N3O3. The van der Waals surface area contributed by atoms with E-state index < -0.39 is 12.7 Å². The number of likely N-dealkylation sites (tertiary alicyclic amines) is 1. The van der Waals surface area contributed by atoms with Crippen LogP contribution in [0, 0.1) is 0 Å². The molecule has 0 amide bonds. The van der Waals surface area contributed by atoms with Gasteiger partial charge in [-0.05, 0) is 18.2 Å². The van der Waals surface area contributed by atoms with Crippen molar-refractivity contribution in [2.24, 2.45) is 0 Å². The van der Waals surface area contributed by atoms with Crippen molar-refractivity contribution in [1.29, 1.82) is 0 Å². The molecular weight excluding hydrogens is 327 g/mol. The van der Waals surface area contributed by atoms with Gasteiger partial charge >= 0.3 is 6.18 Å². The first-order valence-electron chi connectivity index (χ1n) is 7.24. The molecule has 1 saturated heterocycles. The second kappa shape index (κ2) is 6.31. The van der Waals surface area contributed by atoms with Crippen LogP contribution in [0.3, 0.4) is 0 Å². The van der Waals surface area contributed by atoms with Gasteiger partial charge in [0.25, 0.3) is 0 Å². The topological polar surface area (TPSA) is 60.6 Å². The summed E-state index contributed by atoms with van der Waals surface area (Å²) in [6.07, 6.45) is -4.20. The molecule has 0 unspecified atom stereocenters. The Balaban J connectivity index is 1.73. The molecule has 0 radical (unpaired) electrons. The molecule has 1 aliphatic heterocycles. The van der Waals surface area contributed by atoms with E-state index in [0.29, 0.717) is 28.8 Å². The Morgan fingerprint density at radius 2 is 2.00 bits per heavy atom. The number of ether oxygens (including phenoxy) is 2. The average molecular weight is 343 g/mol. The number of halogens is 3. The summed E-state index contributed by atoms with van der Waals surface area (Å²) in [5.41, 5.74) is 0.596. The van der Waals surface area contributed by atoms with Gasteiger partial charge in [-0.1, -0.05) is 5.16 Å². The summed E-state index contributed by atoms with van der Waals surface area (Å²) in [4.78, 5) is 5.59. The van der Waals surface area contributed by atoms with Gasteiger partial charge in [0.15, 0.2) is 0 Å². The second-order valence-electron chi connectivity index (χ2n) is 5.53. The van der Waals surface area contributed by atoms with Crippen molar-refractivity contribution in [3.8, 4) is 22.9 Å². The quantitative estimate of drug-likeness (QED) is 0.832. The van der Waals surface area contributed by atoms with E-state index in [4.69, 9.17) is 14.0 Å². The molecule has 1 aromatic heterocycles. The maximum Gasteiger partial charge on any atom is 0.401 e. The molecule has 2 heterocycles. The molecule has 1 fully saturated rings. The van der Waals surface area contributed by atoms with E-state index in [-0.39, 0.29) is 19.0 Å². The van der Waals surface area contributed by atoms with Gasteiger partial charge in [0.05, 0.1) is 32.2 Å². The number of rotatable bonds is 5. The Morgan fingerprint density at radius 1 is 1.25 bits per heavy atom. The molecule has 1 aromatic carbocycles. The van der Waals surface area contributed by atoms with Crippen LogP contribution < -0.4 is 9.47 Å². The zero-order valence-corrected chi connectivity index (χ0v) is 13.1. The summed E-state index contributed by atoms with van der Waals surface area (Å²) in [7, 11) is 3.06. The largest absolute Gasteiger partial charge is 0.497 e. The minimum absolute atomic E-state index is 0.190. The smallest absolute Gasteiger partial charge is 0.401 e. The van der Waals surface area contributed by atoms with Gasteiger partial charge in [-0.2, -0.15) is 18.2 Å². The first kappa shape index (κ1) is 16.6. The summed E-state index contributed by atoms with van der Waals surface area (Å²) in [5.74, 6) is 1.61. The highest BCUT2D eigenvalue weighted by Crippen LogP contribution is 2.34. The first-order chi connectivity index (χ1) is 11.4. The summed E-state index contributed by atoms with van der Waals surface area (Å²) in [6.45, 7) is -0.430. The minimum Gasteiger partial charge on any atom is -0.497 e. The van der Waals surface area contributed by atoms with Crippen molar-refractivity contribution in [1.82, 2.24) is 15.0 Å². The van der Waals surface area contributed by atoms with Crippen molar-refractivity contribution in [3.05, 3.63) is 24.1 Å². The van der Waals surface area contributed by atoms with Crippen LogP contribution in [0.25, 0.3) is 11.4 Å². The molecule has 0 bridgehead atoms. The van der Waals surface area contributed by atoms with Gasteiger partial charge in [0.2, 0.25) is 11.7 Å². The molecule has 9 heteroatoms. The molecule has 6 nitrogen and oxygen atoms in total. The molecule has 0 saturated carbocycles. The molecule has 0 spiro atoms. The Hall–Kier alpha value is -2.29. The molecule has 0 aliphatic carbocycles. The number of alkyl halides is 3. The van der Waals surface area contributed by atoms with Crippen molar-refractivity contribution >= 4 is 0 Å². The Morgan fingerprint density at radius 3 is 2.62 bits per heavy atom. The normalized spacial score (nSPS) is 16.0. The van der Waals surface area contributed by atoms with Crippen molar-refractivity contribution in [2.45, 2.75) is 12.1 Å². The molecule has 2 aromatic rings. The zero-order valence-electron chi connectivity index (χ0n) is 13.1. The van der Waals surface area contributed by atoms with Crippen molar-refractivity contribution in [2.75, 3.05) is 33.9 Å². The minimum atomic E-state index is -4.20. The summed E-state index contributed by atoms with van der Waals surface area (Å²) in [6, 6.07) is 5.17. The third kappa shape index (κ3) is 3.45. The van der Waals surface area contributed by atoms with Gasteiger partial charge in [-0.25, -0.2) is 0 Å². The van der Waals surface area contributed by atoms with Gasteiger partial charge < -0.3 is 14.0 Å². The lowest BCUT2D eigenvalue weighted by Crippen LogP contribution is -2.49. The Bertz CT molecular complexity index is 711. The van der Waals surface area contributed by atoms with Crippen molar-refractivity contribution < 1.29 is 27.2 Å². The number of nitrogens with zero attached hydrogens (tertiary/aromatic N) is 3. The Kier molecular flexibility index (Phi) is 4.35. The number of benzene rings is 1. The lowest BCUT2D eigenvalue weighted by Gasteiger charge is -2.37. The summed E-state index contributed by atoms with van der Waals surface area (Å²) >= 11 is 0. The van der Waals surface area contributed by atoms with Crippen LogP contribution >= 0.6 is 0 Å². The highest BCUT2D eigenvalue weighted by Gasteiger charge is 2.39. The fourth-order valence-electron chi connectivity index (χ4n) is 2.61. The monoisotopic (exact) mass is 343 g/mol. The van der Waals surface area contributed by atoms with Crippen molar-refractivity contribution in [3.63, 3.8) is 0 Å². The summed E-state index contributed by atoms with van der Waals surface area (Å²) < 4.78 is 52.6. The third-order valence-electron chi connectivity index (χ3n) is 3.80. The fourth-order valence-corrected chi connectivity index (χ4v) is 2.61. The maximum absolute atomic E-state index is 12.3. The standard InChI is InChI=1S/C15H16F3N3O3/c1-22-10-3-4-12(23-2)11(5-10)13-19-14(24-20-13)9-6-21(7-9)8-15(16,17)18/h3-5,9H,6-8H2,1-2H3. The van der Waals surface area contributed by atoms with E-state index in [2.05, 4.69) is 10.1 Å². The highest BCUT2D eigenvalue weighted by atomic mass is 19.4. The van der Waals surface area contributed by atoms with Gasteiger partial charge in [0.1, 0.15) is 11.5 Å². The SMILES string of the molecule is COc1ccc(OC)c(-c2noc(C3CN(CC(F)(F)F)C3)n2)c1. The molecule has 130 valence electrons. The lowest BCUT2D eigenvalue weighted by atomic mass is 10.0. The number of methoxy groups -OCH3 is 2. The number of aromatic nitrogens is 2. The van der Waals surface area contributed by atoms with E-state index in [1.165, 1.54) is 19.1 Å². The van der Waals surface area contributed by atoms with Crippen LogP contribution in [0.5, 0.6) is 11.5 Å². The average Bonchev–Trinajstić information content (AvgIpc) is 2.98. The van der Waals surface area contributed by atoms with Gasteiger partial charge in [0, 0.05) is 13.1 Å². The van der Waals surface area contributed by atoms with Crippen LogP contribution in [0.4, 0.5) is 13.2 Å². The summed E-state index contributed by atoms with van der Waals surface area (Å²) in [5, 5.41) is 3.91. The van der Waals surface area contributed by atoms with Crippen LogP contribution in [-0.4, -0.2) is 55.1 Å². The van der Waals surface area contributed by atoms with E-state index >= 15 is 0 Å². The predicted octanol–water partition coefficient (Wildman–Crippen LogP) is 2.72. The van der Waals surface area contributed by atoms with Crippen LogP contribution in [-0.2, 0) is 0 Å². The molecule has 24 heavy (non-hydrogen) atoms.